The monoisotopic (exact) mass is 489 g/mol. The third kappa shape index (κ3) is 3.86. The van der Waals surface area contributed by atoms with Gasteiger partial charge in [0.15, 0.2) is 0 Å². The SMILES string of the molecule is C[C@@H](O)[C@H]1C(=O)N2C(C(=O)OCOC(=O)OC3CCCCC3)=C(c3cn4cncc4s3)[C@H](C)[C@H]12. The number of hydrogen-bond acceptors (Lipinski definition) is 9. The van der Waals surface area contributed by atoms with Crippen molar-refractivity contribution in [1.82, 2.24) is 14.3 Å². The summed E-state index contributed by atoms with van der Waals surface area (Å²) in [4.78, 5) is 45.2. The van der Waals surface area contributed by atoms with E-state index in [9.17, 15) is 19.5 Å². The summed E-state index contributed by atoms with van der Waals surface area (Å²) in [5, 5.41) is 10.1. The van der Waals surface area contributed by atoms with E-state index in [2.05, 4.69) is 4.98 Å². The third-order valence-electron chi connectivity index (χ3n) is 6.91. The van der Waals surface area contributed by atoms with Gasteiger partial charge in [-0.05, 0) is 32.6 Å². The fourth-order valence-corrected chi connectivity index (χ4v) is 6.40. The maximum Gasteiger partial charge on any atom is 0.511 e. The van der Waals surface area contributed by atoms with E-state index in [0.29, 0.717) is 5.57 Å². The van der Waals surface area contributed by atoms with Gasteiger partial charge in [0.1, 0.15) is 16.6 Å². The Hall–Kier alpha value is -2.92. The minimum Gasteiger partial charge on any atom is -0.431 e. The van der Waals surface area contributed by atoms with Crippen LogP contribution in [-0.4, -0.2) is 62.5 Å². The number of carbonyl (C=O) groups is 3. The summed E-state index contributed by atoms with van der Waals surface area (Å²) in [7, 11) is 0. The molecule has 2 aliphatic heterocycles. The van der Waals surface area contributed by atoms with Crippen molar-refractivity contribution >= 4 is 39.8 Å². The Morgan fingerprint density at radius 3 is 2.74 bits per heavy atom. The number of rotatable bonds is 6. The normalized spacial score (nSPS) is 25.8. The van der Waals surface area contributed by atoms with Crippen LogP contribution in [0.5, 0.6) is 0 Å². The van der Waals surface area contributed by atoms with Gasteiger partial charge in [-0.25, -0.2) is 14.6 Å². The first-order chi connectivity index (χ1) is 16.4. The van der Waals surface area contributed by atoms with Crippen molar-refractivity contribution in [2.24, 2.45) is 11.8 Å². The summed E-state index contributed by atoms with van der Waals surface area (Å²) < 4.78 is 17.3. The van der Waals surface area contributed by atoms with Gasteiger partial charge in [-0.2, -0.15) is 0 Å². The number of aliphatic hydroxyl groups is 1. The fraction of sp³-hybridized carbons (Fsp3) is 0.565. The largest absolute Gasteiger partial charge is 0.511 e. The Labute approximate surface area is 200 Å². The van der Waals surface area contributed by atoms with E-state index >= 15 is 0 Å². The maximum atomic E-state index is 13.1. The number of nitrogens with zero attached hydrogens (tertiary/aromatic N) is 3. The molecule has 1 N–H and O–H groups in total. The standard InChI is InChI=1S/C23H27N3O7S/c1-12-17(15-9-25-10-24-8-16(25)34-15)20(26-19(12)18(13(2)27)21(26)28)22(29)31-11-32-23(30)33-14-6-4-3-5-7-14/h8-10,12-14,18-19,27H,3-7,11H2,1-2H3/t12-,13+,18+,19+/m0/s1. The van der Waals surface area contributed by atoms with Crippen LogP contribution in [0.4, 0.5) is 4.79 Å². The molecule has 5 rings (SSSR count). The van der Waals surface area contributed by atoms with Gasteiger partial charge in [-0.3, -0.25) is 9.20 Å². The number of ether oxygens (including phenoxy) is 3. The van der Waals surface area contributed by atoms with E-state index in [0.717, 1.165) is 41.8 Å². The quantitative estimate of drug-likeness (QED) is 0.374. The number of aromatic nitrogens is 2. The van der Waals surface area contributed by atoms with Crippen LogP contribution in [0.1, 0.15) is 50.8 Å². The van der Waals surface area contributed by atoms with Gasteiger partial charge in [0.25, 0.3) is 0 Å². The fourth-order valence-electron chi connectivity index (χ4n) is 5.29. The first-order valence-electron chi connectivity index (χ1n) is 11.5. The van der Waals surface area contributed by atoms with Gasteiger partial charge >= 0.3 is 12.1 Å². The van der Waals surface area contributed by atoms with E-state index < -0.39 is 30.9 Å². The number of amides is 1. The zero-order chi connectivity index (χ0) is 24.0. The van der Waals surface area contributed by atoms with Crippen LogP contribution in [0.2, 0.25) is 0 Å². The molecule has 2 fully saturated rings. The average molecular weight is 490 g/mol. The molecule has 11 heteroatoms. The molecular weight excluding hydrogens is 462 g/mol. The lowest BCUT2D eigenvalue weighted by atomic mass is 9.77. The number of aliphatic hydroxyl groups excluding tert-OH is 1. The molecule has 182 valence electrons. The smallest absolute Gasteiger partial charge is 0.431 e. The lowest BCUT2D eigenvalue weighted by molar-refractivity contribution is -0.167. The molecule has 2 aromatic heterocycles. The molecule has 10 nitrogen and oxygen atoms in total. The van der Waals surface area contributed by atoms with Crippen molar-refractivity contribution in [1.29, 1.82) is 0 Å². The molecule has 2 aromatic rings. The molecule has 0 aromatic carbocycles. The van der Waals surface area contributed by atoms with E-state index in [1.54, 1.807) is 19.4 Å². The molecule has 3 aliphatic rings. The molecule has 1 amide bonds. The van der Waals surface area contributed by atoms with Gasteiger partial charge in [0.2, 0.25) is 12.7 Å². The third-order valence-corrected chi connectivity index (χ3v) is 7.98. The van der Waals surface area contributed by atoms with E-state index in [1.165, 1.54) is 16.2 Å². The summed E-state index contributed by atoms with van der Waals surface area (Å²) in [6.07, 6.45) is 8.11. The van der Waals surface area contributed by atoms with E-state index in [4.69, 9.17) is 14.2 Å². The summed E-state index contributed by atoms with van der Waals surface area (Å²) in [5.41, 5.74) is 0.797. The highest BCUT2D eigenvalue weighted by atomic mass is 32.1. The van der Waals surface area contributed by atoms with E-state index in [-0.39, 0.29) is 29.7 Å². The van der Waals surface area contributed by atoms with Gasteiger partial charge in [-0.1, -0.05) is 13.3 Å². The molecular formula is C23H27N3O7S. The van der Waals surface area contributed by atoms with Crippen molar-refractivity contribution in [3.8, 4) is 0 Å². The van der Waals surface area contributed by atoms with Crippen molar-refractivity contribution in [2.75, 3.05) is 6.79 Å². The lowest BCUT2D eigenvalue weighted by Crippen LogP contribution is -2.63. The topological polar surface area (TPSA) is 120 Å². The Balaban J connectivity index is 1.33. The highest BCUT2D eigenvalue weighted by Crippen LogP contribution is 2.51. The number of hydrogen-bond donors (Lipinski definition) is 1. The molecule has 1 aliphatic carbocycles. The second kappa shape index (κ2) is 9.03. The van der Waals surface area contributed by atoms with Crippen LogP contribution in [0.3, 0.4) is 0 Å². The van der Waals surface area contributed by atoms with Gasteiger partial charge in [-0.15, -0.1) is 11.3 Å². The first kappa shape index (κ1) is 22.9. The maximum absolute atomic E-state index is 13.1. The average Bonchev–Trinajstić information content (AvgIpc) is 3.45. The highest BCUT2D eigenvalue weighted by Gasteiger charge is 2.60. The zero-order valence-corrected chi connectivity index (χ0v) is 19.8. The molecule has 0 radical (unpaired) electrons. The van der Waals surface area contributed by atoms with Crippen molar-refractivity contribution in [2.45, 2.75) is 64.2 Å². The van der Waals surface area contributed by atoms with Crippen LogP contribution in [0, 0.1) is 11.8 Å². The summed E-state index contributed by atoms with van der Waals surface area (Å²) >= 11 is 1.45. The first-order valence-corrected chi connectivity index (χ1v) is 12.4. The van der Waals surface area contributed by atoms with Crippen LogP contribution < -0.4 is 0 Å². The molecule has 34 heavy (non-hydrogen) atoms. The highest BCUT2D eigenvalue weighted by molar-refractivity contribution is 7.18. The van der Waals surface area contributed by atoms with Crippen LogP contribution in [-0.2, 0) is 23.8 Å². The predicted molar refractivity (Wildman–Crippen MR) is 120 cm³/mol. The number of imidazole rings is 1. The van der Waals surface area contributed by atoms with Crippen LogP contribution in [0.15, 0.2) is 24.4 Å². The number of fused-ring (bicyclic) bond motifs is 2. The number of carbonyl (C=O) groups excluding carboxylic acids is 3. The molecule has 0 spiro atoms. The van der Waals surface area contributed by atoms with Crippen molar-refractivity contribution < 1.29 is 33.7 Å². The van der Waals surface area contributed by atoms with Gasteiger partial charge < -0.3 is 24.2 Å². The lowest BCUT2D eigenvalue weighted by Gasteiger charge is -2.46. The van der Waals surface area contributed by atoms with Crippen molar-refractivity contribution in [3.05, 3.63) is 29.3 Å². The summed E-state index contributed by atoms with van der Waals surface area (Å²) in [6, 6.07) is -0.346. The molecule has 0 unspecified atom stereocenters. The minimum absolute atomic E-state index is 0.126. The Bertz CT molecular complexity index is 1120. The van der Waals surface area contributed by atoms with Gasteiger partial charge in [0.05, 0.1) is 35.5 Å². The number of esters is 1. The van der Waals surface area contributed by atoms with E-state index in [1.807, 2.05) is 17.5 Å². The van der Waals surface area contributed by atoms with Crippen LogP contribution in [0.25, 0.3) is 10.4 Å². The predicted octanol–water partition coefficient (Wildman–Crippen LogP) is 2.95. The Morgan fingerprint density at radius 1 is 1.26 bits per heavy atom. The number of β-lactam (4-membered cyclic amide) rings is 1. The molecule has 1 saturated carbocycles. The number of thiazole rings is 1. The second-order valence-electron chi connectivity index (χ2n) is 9.07. The molecule has 4 atom stereocenters. The second-order valence-corrected chi connectivity index (χ2v) is 10.1. The zero-order valence-electron chi connectivity index (χ0n) is 19.0. The summed E-state index contributed by atoms with van der Waals surface area (Å²) in [6.45, 7) is 2.90. The molecule has 4 heterocycles. The molecule has 1 saturated heterocycles. The summed E-state index contributed by atoms with van der Waals surface area (Å²) in [5.74, 6) is -1.88. The van der Waals surface area contributed by atoms with Crippen molar-refractivity contribution in [3.63, 3.8) is 0 Å². The Morgan fingerprint density at radius 2 is 2.03 bits per heavy atom. The Kier molecular flexibility index (Phi) is 6.07. The van der Waals surface area contributed by atoms with Gasteiger partial charge in [0, 0.05) is 17.7 Å². The minimum atomic E-state index is -0.873. The molecule has 0 bridgehead atoms. The van der Waals surface area contributed by atoms with Crippen LogP contribution >= 0.6 is 11.3 Å².